The average Bonchev–Trinajstić information content (AvgIpc) is 2.91. The molecule has 0 saturated carbocycles. The molecule has 2 aromatic heterocycles. The van der Waals surface area contributed by atoms with Crippen LogP contribution in [0.4, 0.5) is 5.82 Å². The minimum Gasteiger partial charge on any atom is -0.384 e. The van der Waals surface area contributed by atoms with Crippen molar-refractivity contribution in [2.75, 3.05) is 12.3 Å². The van der Waals surface area contributed by atoms with Gasteiger partial charge in [-0.3, -0.25) is 4.79 Å². The van der Waals surface area contributed by atoms with Crippen LogP contribution in [0.15, 0.2) is 18.2 Å². The van der Waals surface area contributed by atoms with Crippen molar-refractivity contribution in [2.45, 2.75) is 39.3 Å². The molecule has 0 radical (unpaired) electrons. The topological polar surface area (TPSA) is 89.9 Å². The molecule has 1 aliphatic rings. The Labute approximate surface area is 129 Å². The predicted molar refractivity (Wildman–Crippen MR) is 82.2 cm³/mol. The Balaban J connectivity index is 1.88. The van der Waals surface area contributed by atoms with Crippen LogP contribution in [0, 0.1) is 0 Å². The molecule has 0 spiro atoms. The Hall–Kier alpha value is -2.44. The second-order valence-corrected chi connectivity index (χ2v) is 5.98. The van der Waals surface area contributed by atoms with E-state index < -0.39 is 0 Å². The molecule has 1 atom stereocenters. The van der Waals surface area contributed by atoms with Gasteiger partial charge in [-0.2, -0.15) is 0 Å². The summed E-state index contributed by atoms with van der Waals surface area (Å²) in [6, 6.07) is 5.23. The number of nitrogens with zero attached hydrogens (tertiary/aromatic N) is 5. The fourth-order valence-electron chi connectivity index (χ4n) is 2.84. The number of rotatable bonds is 2. The van der Waals surface area contributed by atoms with Crippen molar-refractivity contribution >= 4 is 11.7 Å². The second-order valence-electron chi connectivity index (χ2n) is 5.98. The average molecular weight is 300 g/mol. The number of fused-ring (bicyclic) bond motifs is 1. The Bertz CT molecular complexity index is 708. The molecular formula is C15H20N6O. The Morgan fingerprint density at radius 1 is 1.36 bits per heavy atom. The summed E-state index contributed by atoms with van der Waals surface area (Å²) in [7, 11) is 0. The molecule has 7 nitrogen and oxygen atoms in total. The van der Waals surface area contributed by atoms with E-state index in [1.54, 1.807) is 23.1 Å². The monoisotopic (exact) mass is 300 g/mol. The Kier molecular flexibility index (Phi) is 3.56. The summed E-state index contributed by atoms with van der Waals surface area (Å²) in [5.74, 6) is 2.32. The number of carbonyl (C=O) groups excluding carboxylic acids is 1. The van der Waals surface area contributed by atoms with Gasteiger partial charge in [0.25, 0.3) is 5.91 Å². The van der Waals surface area contributed by atoms with Crippen LogP contribution in [-0.2, 0) is 6.54 Å². The minimum absolute atomic E-state index is 0.125. The lowest BCUT2D eigenvalue weighted by Crippen LogP contribution is -2.41. The number of carbonyl (C=O) groups is 1. The summed E-state index contributed by atoms with van der Waals surface area (Å²) in [5, 5.41) is 8.51. The summed E-state index contributed by atoms with van der Waals surface area (Å²) >= 11 is 0. The lowest BCUT2D eigenvalue weighted by Gasteiger charge is -2.32. The summed E-state index contributed by atoms with van der Waals surface area (Å²) in [6.45, 7) is 7.32. The Morgan fingerprint density at radius 3 is 2.82 bits per heavy atom. The van der Waals surface area contributed by atoms with E-state index in [0.29, 0.717) is 30.5 Å². The van der Waals surface area contributed by atoms with Gasteiger partial charge in [-0.1, -0.05) is 19.9 Å². The molecular weight excluding hydrogens is 280 g/mol. The van der Waals surface area contributed by atoms with Crippen molar-refractivity contribution in [3.8, 4) is 0 Å². The molecule has 0 saturated heterocycles. The normalized spacial score (nSPS) is 17.6. The first-order valence-electron chi connectivity index (χ1n) is 7.43. The first-order chi connectivity index (χ1) is 10.5. The molecule has 0 fully saturated rings. The lowest BCUT2D eigenvalue weighted by molar-refractivity contribution is 0.0673. The first-order valence-corrected chi connectivity index (χ1v) is 7.43. The van der Waals surface area contributed by atoms with Gasteiger partial charge in [0.2, 0.25) is 0 Å². The third kappa shape index (κ3) is 2.43. The molecule has 116 valence electrons. The van der Waals surface area contributed by atoms with E-state index in [1.165, 1.54) is 0 Å². The van der Waals surface area contributed by atoms with E-state index in [-0.39, 0.29) is 11.9 Å². The van der Waals surface area contributed by atoms with Crippen LogP contribution >= 0.6 is 0 Å². The lowest BCUT2D eigenvalue weighted by atomic mass is 10.1. The van der Waals surface area contributed by atoms with Crippen molar-refractivity contribution in [2.24, 2.45) is 0 Å². The van der Waals surface area contributed by atoms with Crippen LogP contribution in [0.3, 0.4) is 0 Å². The molecule has 2 aromatic rings. The summed E-state index contributed by atoms with van der Waals surface area (Å²) in [4.78, 5) is 18.5. The van der Waals surface area contributed by atoms with Gasteiger partial charge >= 0.3 is 0 Å². The third-order valence-electron chi connectivity index (χ3n) is 3.84. The molecule has 0 bridgehead atoms. The molecule has 3 heterocycles. The maximum absolute atomic E-state index is 12.6. The number of pyridine rings is 1. The van der Waals surface area contributed by atoms with Gasteiger partial charge in [-0.15, -0.1) is 10.2 Å². The van der Waals surface area contributed by atoms with Gasteiger partial charge in [-0.05, 0) is 19.1 Å². The highest BCUT2D eigenvalue weighted by molar-refractivity contribution is 5.92. The van der Waals surface area contributed by atoms with Crippen LogP contribution in [-0.4, -0.2) is 37.1 Å². The van der Waals surface area contributed by atoms with E-state index >= 15 is 0 Å². The predicted octanol–water partition coefficient (Wildman–Crippen LogP) is 1.60. The van der Waals surface area contributed by atoms with Crippen molar-refractivity contribution in [3.63, 3.8) is 0 Å². The van der Waals surface area contributed by atoms with Crippen molar-refractivity contribution in [3.05, 3.63) is 35.5 Å². The minimum atomic E-state index is -0.125. The van der Waals surface area contributed by atoms with Gasteiger partial charge in [0.05, 0.1) is 12.6 Å². The van der Waals surface area contributed by atoms with E-state index in [1.807, 2.05) is 0 Å². The summed E-state index contributed by atoms with van der Waals surface area (Å²) in [6.07, 6.45) is 0. The van der Waals surface area contributed by atoms with Crippen molar-refractivity contribution in [1.82, 2.24) is 24.6 Å². The molecule has 0 unspecified atom stereocenters. The van der Waals surface area contributed by atoms with E-state index in [9.17, 15) is 4.79 Å². The van der Waals surface area contributed by atoms with Crippen LogP contribution in [0.5, 0.6) is 0 Å². The van der Waals surface area contributed by atoms with Gasteiger partial charge in [0.15, 0.2) is 5.82 Å². The molecule has 1 aliphatic heterocycles. The Morgan fingerprint density at radius 2 is 2.14 bits per heavy atom. The largest absolute Gasteiger partial charge is 0.384 e. The fourth-order valence-corrected chi connectivity index (χ4v) is 2.84. The number of aromatic nitrogens is 4. The number of amides is 1. The summed E-state index contributed by atoms with van der Waals surface area (Å²) in [5.41, 5.74) is 6.02. The highest BCUT2D eigenvalue weighted by atomic mass is 16.2. The number of nitrogens with two attached hydrogens (primary N) is 1. The van der Waals surface area contributed by atoms with Crippen LogP contribution in [0.25, 0.3) is 0 Å². The highest BCUT2D eigenvalue weighted by Crippen LogP contribution is 2.25. The molecule has 0 aliphatic carbocycles. The maximum Gasteiger partial charge on any atom is 0.273 e. The van der Waals surface area contributed by atoms with Gasteiger partial charge in [-0.25, -0.2) is 4.98 Å². The standard InChI is InChI=1S/C15H20N6O/c1-9(2)14-19-18-13-8-20(7-10(3)21(13)14)15(22)11-5-4-6-12(16)17-11/h4-6,9-10H,7-8H2,1-3H3,(H2,16,17)/t10-/m0/s1. The molecule has 7 heteroatoms. The zero-order valence-corrected chi connectivity index (χ0v) is 13.0. The third-order valence-corrected chi connectivity index (χ3v) is 3.84. The van der Waals surface area contributed by atoms with E-state index in [0.717, 1.165) is 11.6 Å². The van der Waals surface area contributed by atoms with Crippen LogP contribution in [0.1, 0.15) is 54.9 Å². The van der Waals surface area contributed by atoms with Crippen molar-refractivity contribution in [1.29, 1.82) is 0 Å². The van der Waals surface area contributed by atoms with Gasteiger partial charge in [0.1, 0.15) is 17.3 Å². The fraction of sp³-hybridized carbons (Fsp3) is 0.467. The number of anilines is 1. The molecule has 22 heavy (non-hydrogen) atoms. The first kappa shape index (κ1) is 14.5. The number of nitrogen functional groups attached to an aromatic ring is 1. The smallest absolute Gasteiger partial charge is 0.273 e. The number of hydrogen-bond acceptors (Lipinski definition) is 5. The quantitative estimate of drug-likeness (QED) is 0.909. The summed E-state index contributed by atoms with van der Waals surface area (Å²) < 4.78 is 2.14. The molecule has 3 rings (SSSR count). The van der Waals surface area contributed by atoms with Crippen molar-refractivity contribution < 1.29 is 4.79 Å². The molecule has 2 N–H and O–H groups in total. The van der Waals surface area contributed by atoms with E-state index in [4.69, 9.17) is 5.73 Å². The SMILES string of the molecule is CC(C)c1nnc2n1[C@@H](C)CN(C(=O)c1cccc(N)n1)C2. The zero-order valence-electron chi connectivity index (χ0n) is 13.0. The molecule has 0 aromatic carbocycles. The number of hydrogen-bond donors (Lipinski definition) is 1. The highest BCUT2D eigenvalue weighted by Gasteiger charge is 2.30. The van der Waals surface area contributed by atoms with Crippen LogP contribution < -0.4 is 5.73 Å². The zero-order chi connectivity index (χ0) is 15.9. The second kappa shape index (κ2) is 5.40. The van der Waals surface area contributed by atoms with E-state index in [2.05, 4.69) is 40.5 Å². The van der Waals surface area contributed by atoms with Crippen LogP contribution in [0.2, 0.25) is 0 Å². The molecule has 1 amide bonds. The van der Waals surface area contributed by atoms with Gasteiger partial charge in [0, 0.05) is 12.5 Å². The maximum atomic E-state index is 12.6. The van der Waals surface area contributed by atoms with Gasteiger partial charge < -0.3 is 15.2 Å².